The first kappa shape index (κ1) is 13.2. The third-order valence-corrected chi connectivity index (χ3v) is 6.57. The number of phenols is 2. The Labute approximate surface area is 125 Å². The van der Waals surface area contributed by atoms with Crippen molar-refractivity contribution in [3.05, 3.63) is 23.3 Å². The number of hydrogen-bond donors (Lipinski definition) is 2. The Bertz CT molecular complexity index is 621. The van der Waals surface area contributed by atoms with Crippen LogP contribution in [0.3, 0.4) is 0 Å². The number of rotatable bonds is 0. The van der Waals surface area contributed by atoms with Crippen LogP contribution in [0.4, 0.5) is 0 Å². The Morgan fingerprint density at radius 2 is 1.95 bits per heavy atom. The Morgan fingerprint density at radius 1 is 1.14 bits per heavy atom. The molecule has 2 N–H and O–H groups in total. The van der Waals surface area contributed by atoms with E-state index in [-0.39, 0.29) is 16.9 Å². The lowest BCUT2D eigenvalue weighted by molar-refractivity contribution is -0.129. The predicted molar refractivity (Wildman–Crippen MR) is 79.4 cm³/mol. The van der Waals surface area contributed by atoms with E-state index >= 15 is 0 Å². The molecule has 1 aromatic rings. The van der Waals surface area contributed by atoms with Gasteiger partial charge in [0.15, 0.2) is 11.5 Å². The summed E-state index contributed by atoms with van der Waals surface area (Å²) in [6.07, 6.45) is 5.63. The molecule has 0 aromatic heterocycles. The van der Waals surface area contributed by atoms with Crippen LogP contribution < -0.4 is 0 Å². The molecule has 0 bridgehead atoms. The number of fused-ring (bicyclic) bond motifs is 5. The number of aromatic hydroxyl groups is 2. The third-order valence-electron chi connectivity index (χ3n) is 6.57. The van der Waals surface area contributed by atoms with Crippen LogP contribution >= 0.6 is 0 Å². The average molecular weight is 286 g/mol. The molecule has 21 heavy (non-hydrogen) atoms. The molecule has 3 nitrogen and oxygen atoms in total. The first-order valence-corrected chi connectivity index (χ1v) is 8.09. The summed E-state index contributed by atoms with van der Waals surface area (Å²) in [7, 11) is 0. The zero-order valence-corrected chi connectivity index (χ0v) is 12.4. The average Bonchev–Trinajstić information content (AvgIpc) is 2.78. The third kappa shape index (κ3) is 1.63. The molecule has 112 valence electrons. The van der Waals surface area contributed by atoms with E-state index in [4.69, 9.17) is 0 Å². The van der Waals surface area contributed by atoms with E-state index in [2.05, 4.69) is 6.92 Å². The summed E-state index contributed by atoms with van der Waals surface area (Å²) in [6.45, 7) is 2.17. The summed E-state index contributed by atoms with van der Waals surface area (Å²) in [5.41, 5.74) is 2.05. The fourth-order valence-corrected chi connectivity index (χ4v) is 5.41. The summed E-state index contributed by atoms with van der Waals surface area (Å²) in [5, 5.41) is 19.8. The molecule has 3 heteroatoms. The van der Waals surface area contributed by atoms with Crippen molar-refractivity contribution in [2.45, 2.75) is 51.4 Å². The number of phenolic OH excluding ortho intramolecular Hbond substituents is 2. The van der Waals surface area contributed by atoms with Crippen LogP contribution in [-0.4, -0.2) is 16.0 Å². The zero-order chi connectivity index (χ0) is 14.8. The highest BCUT2D eigenvalue weighted by molar-refractivity contribution is 5.87. The second kappa shape index (κ2) is 4.25. The Hall–Kier alpha value is -1.51. The molecule has 0 heterocycles. The number of carbonyl (C=O) groups excluding carboxylic acids is 1. The molecule has 0 aliphatic heterocycles. The van der Waals surface area contributed by atoms with Gasteiger partial charge in [0.2, 0.25) is 0 Å². The Balaban J connectivity index is 1.75. The quantitative estimate of drug-likeness (QED) is 0.717. The maximum atomic E-state index is 12.3. The summed E-state index contributed by atoms with van der Waals surface area (Å²) >= 11 is 0. The van der Waals surface area contributed by atoms with Crippen LogP contribution in [0.5, 0.6) is 11.5 Å². The summed E-state index contributed by atoms with van der Waals surface area (Å²) in [4.78, 5) is 12.3. The van der Waals surface area contributed by atoms with Crippen molar-refractivity contribution in [3.8, 4) is 11.5 Å². The van der Waals surface area contributed by atoms with Gasteiger partial charge >= 0.3 is 0 Å². The van der Waals surface area contributed by atoms with Crippen molar-refractivity contribution < 1.29 is 15.0 Å². The van der Waals surface area contributed by atoms with Crippen molar-refractivity contribution in [2.24, 2.45) is 17.3 Å². The van der Waals surface area contributed by atoms with Gasteiger partial charge in [0.05, 0.1) is 0 Å². The van der Waals surface area contributed by atoms with Crippen LogP contribution in [0.25, 0.3) is 0 Å². The smallest absolute Gasteiger partial charge is 0.160 e. The highest BCUT2D eigenvalue weighted by Gasteiger charge is 2.54. The molecule has 1 aromatic carbocycles. The molecule has 3 aliphatic carbocycles. The van der Waals surface area contributed by atoms with E-state index in [1.807, 2.05) is 6.07 Å². The van der Waals surface area contributed by atoms with Crippen molar-refractivity contribution in [1.29, 1.82) is 0 Å². The number of benzene rings is 1. The van der Waals surface area contributed by atoms with E-state index in [1.54, 1.807) is 6.07 Å². The SMILES string of the molecule is CC12CC[C@@H]3c4ccc(O)c(O)c4CCC3[C@@H]1CCC2=O. The standard InChI is InChI=1S/C18H22O3/c1-18-9-8-11-10-4-6-15(19)17(21)13(10)3-2-12(11)14(18)5-7-16(18)20/h4,6,11-12,14,19,21H,2-3,5,7-9H2,1H3/t11-,12?,14+,18?/m1/s1. The maximum absolute atomic E-state index is 12.3. The molecule has 2 unspecified atom stereocenters. The molecule has 0 saturated heterocycles. The Kier molecular flexibility index (Phi) is 2.66. The van der Waals surface area contributed by atoms with E-state index in [1.165, 1.54) is 5.56 Å². The number of hydrogen-bond acceptors (Lipinski definition) is 3. The molecule has 4 atom stereocenters. The molecule has 0 radical (unpaired) electrons. The van der Waals surface area contributed by atoms with Gasteiger partial charge in [-0.25, -0.2) is 0 Å². The number of Topliss-reactive ketones (excluding diaryl/α,β-unsaturated/α-hetero) is 1. The number of ketones is 1. The maximum Gasteiger partial charge on any atom is 0.160 e. The molecule has 2 saturated carbocycles. The fourth-order valence-electron chi connectivity index (χ4n) is 5.41. The van der Waals surface area contributed by atoms with E-state index in [9.17, 15) is 15.0 Å². The van der Waals surface area contributed by atoms with Gasteiger partial charge in [0, 0.05) is 17.4 Å². The minimum Gasteiger partial charge on any atom is -0.504 e. The van der Waals surface area contributed by atoms with E-state index in [0.717, 1.165) is 44.1 Å². The highest BCUT2D eigenvalue weighted by atomic mass is 16.3. The van der Waals surface area contributed by atoms with Gasteiger partial charge in [0.25, 0.3) is 0 Å². The second-order valence-corrected chi connectivity index (χ2v) is 7.33. The molecule has 0 spiro atoms. The van der Waals surface area contributed by atoms with E-state index < -0.39 is 0 Å². The van der Waals surface area contributed by atoms with Gasteiger partial charge in [-0.2, -0.15) is 0 Å². The molecular weight excluding hydrogens is 264 g/mol. The first-order chi connectivity index (χ1) is 10.0. The zero-order valence-electron chi connectivity index (χ0n) is 12.4. The van der Waals surface area contributed by atoms with Gasteiger partial charge in [0.1, 0.15) is 5.78 Å². The summed E-state index contributed by atoms with van der Waals surface area (Å²) < 4.78 is 0. The van der Waals surface area contributed by atoms with Crippen molar-refractivity contribution >= 4 is 5.78 Å². The van der Waals surface area contributed by atoms with Gasteiger partial charge in [-0.1, -0.05) is 13.0 Å². The van der Waals surface area contributed by atoms with Gasteiger partial charge in [-0.3, -0.25) is 4.79 Å². The highest BCUT2D eigenvalue weighted by Crippen LogP contribution is 2.60. The normalized spacial score (nSPS) is 37.8. The van der Waals surface area contributed by atoms with Crippen molar-refractivity contribution in [2.75, 3.05) is 0 Å². The topological polar surface area (TPSA) is 57.5 Å². The number of carbonyl (C=O) groups is 1. The second-order valence-electron chi connectivity index (χ2n) is 7.33. The molecule has 0 amide bonds. The summed E-state index contributed by atoms with van der Waals surface area (Å²) in [5.74, 6) is 2.04. The monoisotopic (exact) mass is 286 g/mol. The van der Waals surface area contributed by atoms with Crippen molar-refractivity contribution in [3.63, 3.8) is 0 Å². The predicted octanol–water partition coefficient (Wildman–Crippen LogP) is 3.52. The Morgan fingerprint density at radius 3 is 2.76 bits per heavy atom. The van der Waals surface area contributed by atoms with Gasteiger partial charge < -0.3 is 10.2 Å². The lowest BCUT2D eigenvalue weighted by Crippen LogP contribution is -2.42. The summed E-state index contributed by atoms with van der Waals surface area (Å²) in [6, 6.07) is 3.60. The fraction of sp³-hybridized carbons (Fsp3) is 0.611. The minimum absolute atomic E-state index is 0.0103. The lowest BCUT2D eigenvalue weighted by atomic mass is 9.55. The molecular formula is C18H22O3. The minimum atomic E-state index is -0.0996. The van der Waals surface area contributed by atoms with Crippen LogP contribution in [-0.2, 0) is 11.2 Å². The lowest BCUT2D eigenvalue weighted by Gasteiger charge is -2.48. The first-order valence-electron chi connectivity index (χ1n) is 8.09. The largest absolute Gasteiger partial charge is 0.504 e. The molecule has 2 fully saturated rings. The van der Waals surface area contributed by atoms with Gasteiger partial charge in [-0.05, 0) is 61.5 Å². The van der Waals surface area contributed by atoms with Crippen LogP contribution in [0.15, 0.2) is 12.1 Å². The van der Waals surface area contributed by atoms with Crippen LogP contribution in [0.2, 0.25) is 0 Å². The molecule has 3 aliphatic rings. The van der Waals surface area contributed by atoms with E-state index in [0.29, 0.717) is 23.5 Å². The molecule has 4 rings (SSSR count). The van der Waals surface area contributed by atoms with Crippen LogP contribution in [0, 0.1) is 17.3 Å². The van der Waals surface area contributed by atoms with Crippen LogP contribution in [0.1, 0.15) is 56.1 Å². The van der Waals surface area contributed by atoms with Gasteiger partial charge in [-0.15, -0.1) is 0 Å². The van der Waals surface area contributed by atoms with Crippen molar-refractivity contribution in [1.82, 2.24) is 0 Å².